The Kier molecular flexibility index (Phi) is 5.94. The summed E-state index contributed by atoms with van der Waals surface area (Å²) in [5.41, 5.74) is 0. The van der Waals surface area contributed by atoms with E-state index in [9.17, 15) is 0 Å². The van der Waals surface area contributed by atoms with Crippen molar-refractivity contribution in [3.05, 3.63) is 21.8 Å². The summed E-state index contributed by atoms with van der Waals surface area (Å²) in [7, 11) is 0. The van der Waals surface area contributed by atoms with Crippen molar-refractivity contribution in [3.8, 4) is 0 Å². The Morgan fingerprint density at radius 3 is 2.73 bits per heavy atom. The first kappa shape index (κ1) is 13.3. The van der Waals surface area contributed by atoms with E-state index in [1.54, 1.807) is 6.20 Å². The highest BCUT2D eigenvalue weighted by Gasteiger charge is 2.10. The zero-order valence-corrected chi connectivity index (χ0v) is 12.4. The van der Waals surface area contributed by atoms with Crippen molar-refractivity contribution in [2.75, 3.05) is 23.3 Å². The number of nitrogens with zero attached hydrogens (tertiary/aromatic N) is 2. The topological polar surface area (TPSA) is 16.1 Å². The van der Waals surface area contributed by atoms with Gasteiger partial charge in [-0.1, -0.05) is 34.5 Å². The maximum Gasteiger partial charge on any atom is 0.142 e. The lowest BCUT2D eigenvalue weighted by molar-refractivity contribution is 0.782. The van der Waals surface area contributed by atoms with Crippen LogP contribution < -0.4 is 4.90 Å². The van der Waals surface area contributed by atoms with Crippen LogP contribution in [-0.2, 0) is 0 Å². The van der Waals surface area contributed by atoms with Crippen LogP contribution in [0.5, 0.6) is 0 Å². The highest BCUT2D eigenvalue weighted by atomic mass is 79.9. The molecule has 2 nitrogen and oxygen atoms in total. The Balaban J connectivity index is 2.89. The van der Waals surface area contributed by atoms with E-state index in [1.165, 1.54) is 0 Å². The number of aromatic nitrogens is 1. The molecule has 0 aliphatic rings. The van der Waals surface area contributed by atoms with Crippen LogP contribution in [-0.4, -0.2) is 23.4 Å². The van der Waals surface area contributed by atoms with Gasteiger partial charge in [-0.25, -0.2) is 4.98 Å². The zero-order valence-electron chi connectivity index (χ0n) is 8.51. The van der Waals surface area contributed by atoms with Crippen LogP contribution in [0.25, 0.3) is 0 Å². The molecule has 1 aromatic heterocycles. The molecule has 15 heavy (non-hydrogen) atoms. The van der Waals surface area contributed by atoms with E-state index in [0.717, 1.165) is 35.1 Å². The van der Waals surface area contributed by atoms with E-state index in [4.69, 9.17) is 11.6 Å². The molecule has 1 aromatic rings. The quantitative estimate of drug-likeness (QED) is 0.738. The van der Waals surface area contributed by atoms with Gasteiger partial charge in [-0.05, 0) is 28.4 Å². The third-order valence-electron chi connectivity index (χ3n) is 1.94. The molecule has 1 rings (SSSR count). The summed E-state index contributed by atoms with van der Waals surface area (Å²) in [5, 5.41) is 1.59. The molecule has 5 heteroatoms. The molecule has 84 valence electrons. The fourth-order valence-electron chi connectivity index (χ4n) is 1.34. The Bertz CT molecular complexity index is 314. The predicted octanol–water partition coefficient (Wildman–Crippen LogP) is 4.11. The maximum atomic E-state index is 5.86. The molecule has 0 aliphatic carbocycles. The van der Waals surface area contributed by atoms with Crippen molar-refractivity contribution in [1.82, 2.24) is 4.98 Å². The number of alkyl halides is 1. The summed E-state index contributed by atoms with van der Waals surface area (Å²) in [6, 6.07) is 1.88. The van der Waals surface area contributed by atoms with Crippen molar-refractivity contribution in [2.45, 2.75) is 13.3 Å². The Labute approximate surface area is 112 Å². The number of rotatable bonds is 5. The average molecular weight is 356 g/mol. The van der Waals surface area contributed by atoms with Gasteiger partial charge in [0.25, 0.3) is 0 Å². The van der Waals surface area contributed by atoms with Crippen molar-refractivity contribution >= 4 is 49.3 Å². The van der Waals surface area contributed by atoms with Gasteiger partial charge in [0.05, 0.1) is 9.50 Å². The SMILES string of the molecule is CCCN(CCBr)c1ncc(Cl)cc1Br. The summed E-state index contributed by atoms with van der Waals surface area (Å²) >= 11 is 12.8. The Morgan fingerprint density at radius 1 is 1.47 bits per heavy atom. The molecule has 0 spiro atoms. The van der Waals surface area contributed by atoms with Crippen LogP contribution in [0.1, 0.15) is 13.3 Å². The van der Waals surface area contributed by atoms with Gasteiger partial charge in [0.1, 0.15) is 5.82 Å². The number of hydrogen-bond acceptors (Lipinski definition) is 2. The zero-order chi connectivity index (χ0) is 11.3. The van der Waals surface area contributed by atoms with Crippen molar-refractivity contribution in [2.24, 2.45) is 0 Å². The Morgan fingerprint density at radius 2 is 2.20 bits per heavy atom. The molecule has 0 aliphatic heterocycles. The van der Waals surface area contributed by atoms with Gasteiger partial charge in [-0.2, -0.15) is 0 Å². The molecule has 0 amide bonds. The second-order valence-electron chi connectivity index (χ2n) is 3.13. The van der Waals surface area contributed by atoms with Crippen LogP contribution in [0.3, 0.4) is 0 Å². The van der Waals surface area contributed by atoms with Gasteiger partial charge in [-0.3, -0.25) is 0 Å². The molecule has 0 atom stereocenters. The van der Waals surface area contributed by atoms with E-state index in [1.807, 2.05) is 6.07 Å². The van der Waals surface area contributed by atoms with Crippen LogP contribution in [0, 0.1) is 0 Å². The molecule has 0 saturated heterocycles. The average Bonchev–Trinajstić information content (AvgIpc) is 2.17. The largest absolute Gasteiger partial charge is 0.355 e. The second-order valence-corrected chi connectivity index (χ2v) is 5.22. The van der Waals surface area contributed by atoms with E-state index < -0.39 is 0 Å². The Hall–Kier alpha value is 0.200. The van der Waals surface area contributed by atoms with Gasteiger partial charge in [-0.15, -0.1) is 0 Å². The minimum absolute atomic E-state index is 0.654. The smallest absolute Gasteiger partial charge is 0.142 e. The standard InChI is InChI=1S/C10H13Br2ClN2/c1-2-4-15(5-3-11)10-9(12)6-8(13)7-14-10/h6-7H,2-5H2,1H3. The van der Waals surface area contributed by atoms with Crippen molar-refractivity contribution in [1.29, 1.82) is 0 Å². The lowest BCUT2D eigenvalue weighted by Crippen LogP contribution is -2.27. The fraction of sp³-hybridized carbons (Fsp3) is 0.500. The number of anilines is 1. The minimum Gasteiger partial charge on any atom is -0.355 e. The van der Waals surface area contributed by atoms with Gasteiger partial charge in [0.2, 0.25) is 0 Å². The van der Waals surface area contributed by atoms with E-state index in [-0.39, 0.29) is 0 Å². The molecule has 0 radical (unpaired) electrons. The normalized spacial score (nSPS) is 10.4. The summed E-state index contributed by atoms with van der Waals surface area (Å²) in [6.07, 6.45) is 2.78. The maximum absolute atomic E-state index is 5.86. The molecule has 0 N–H and O–H groups in total. The molecular weight excluding hydrogens is 343 g/mol. The van der Waals surface area contributed by atoms with E-state index in [2.05, 4.69) is 48.7 Å². The fourth-order valence-corrected chi connectivity index (χ4v) is 2.65. The van der Waals surface area contributed by atoms with Crippen molar-refractivity contribution in [3.63, 3.8) is 0 Å². The van der Waals surface area contributed by atoms with E-state index >= 15 is 0 Å². The third-order valence-corrected chi connectivity index (χ3v) is 3.08. The first-order valence-electron chi connectivity index (χ1n) is 4.81. The molecule has 0 fully saturated rings. The number of pyridine rings is 1. The lowest BCUT2D eigenvalue weighted by Gasteiger charge is -2.23. The predicted molar refractivity (Wildman–Crippen MR) is 73.2 cm³/mol. The summed E-state index contributed by atoms with van der Waals surface area (Å²) in [4.78, 5) is 6.57. The first-order chi connectivity index (χ1) is 7.19. The van der Waals surface area contributed by atoms with E-state index in [0.29, 0.717) is 5.02 Å². The van der Waals surface area contributed by atoms with Crippen LogP contribution in [0.4, 0.5) is 5.82 Å². The molecule has 0 unspecified atom stereocenters. The van der Waals surface area contributed by atoms with Gasteiger partial charge >= 0.3 is 0 Å². The first-order valence-corrected chi connectivity index (χ1v) is 7.10. The highest BCUT2D eigenvalue weighted by molar-refractivity contribution is 9.10. The number of hydrogen-bond donors (Lipinski definition) is 0. The minimum atomic E-state index is 0.654. The van der Waals surface area contributed by atoms with Crippen molar-refractivity contribution < 1.29 is 0 Å². The molecule has 0 saturated carbocycles. The highest BCUT2D eigenvalue weighted by Crippen LogP contribution is 2.26. The monoisotopic (exact) mass is 354 g/mol. The lowest BCUT2D eigenvalue weighted by atomic mass is 10.3. The summed E-state index contributed by atoms with van der Waals surface area (Å²) in [5.74, 6) is 0.959. The van der Waals surface area contributed by atoms with Gasteiger partial charge in [0, 0.05) is 24.6 Å². The summed E-state index contributed by atoms with van der Waals surface area (Å²) < 4.78 is 0.949. The molecule has 0 bridgehead atoms. The molecule has 1 heterocycles. The van der Waals surface area contributed by atoms with Crippen LogP contribution >= 0.6 is 43.5 Å². The third kappa shape index (κ3) is 3.93. The van der Waals surface area contributed by atoms with Crippen LogP contribution in [0.2, 0.25) is 5.02 Å². The van der Waals surface area contributed by atoms with Gasteiger partial charge < -0.3 is 4.90 Å². The second kappa shape index (κ2) is 6.71. The summed E-state index contributed by atoms with van der Waals surface area (Å²) in [6.45, 7) is 4.10. The van der Waals surface area contributed by atoms with Gasteiger partial charge in [0.15, 0.2) is 0 Å². The van der Waals surface area contributed by atoms with Crippen LogP contribution in [0.15, 0.2) is 16.7 Å². The number of halogens is 3. The molecule has 0 aromatic carbocycles. The molecular formula is C10H13Br2ClN2.